The fraction of sp³-hybridized carbons (Fsp3) is 0.273. The van der Waals surface area contributed by atoms with Crippen molar-refractivity contribution in [2.45, 2.75) is 64.3 Å². The van der Waals surface area contributed by atoms with Gasteiger partial charge in [0.25, 0.3) is 11.8 Å². The van der Waals surface area contributed by atoms with E-state index in [4.69, 9.17) is 14.5 Å². The third kappa shape index (κ3) is 8.17. The van der Waals surface area contributed by atoms with Crippen LogP contribution in [0.1, 0.15) is 93.7 Å². The number of ether oxygens (including phenoxy) is 2. The maximum absolute atomic E-state index is 13.4. The number of carbonyl (C=O) groups is 5. The van der Waals surface area contributed by atoms with Crippen LogP contribution in [-0.4, -0.2) is 74.3 Å². The molecule has 300 valence electrons. The molecule has 59 heavy (non-hydrogen) atoms. The number of carbonyl (C=O) groups excluding carboxylic acids is 5. The molecule has 0 spiro atoms. The van der Waals surface area contributed by atoms with E-state index in [9.17, 15) is 24.0 Å². The first-order valence-electron chi connectivity index (χ1n) is 19.6. The van der Waals surface area contributed by atoms with Gasteiger partial charge in [0.1, 0.15) is 24.2 Å². The number of benzene rings is 4. The summed E-state index contributed by atoms with van der Waals surface area (Å²) in [5.74, 6) is -0.372. The van der Waals surface area contributed by atoms with E-state index in [-0.39, 0.29) is 30.6 Å². The monoisotopic (exact) mass is 794 g/mol. The Labute approximate surface area is 339 Å². The van der Waals surface area contributed by atoms with Crippen LogP contribution in [0.3, 0.4) is 0 Å². The number of aromatic nitrogens is 3. The van der Waals surface area contributed by atoms with E-state index in [0.29, 0.717) is 41.9 Å². The molecule has 1 fully saturated rings. The van der Waals surface area contributed by atoms with Crippen molar-refractivity contribution in [1.82, 2.24) is 30.3 Å². The molecule has 8 rings (SSSR count). The van der Waals surface area contributed by atoms with E-state index in [1.807, 2.05) is 90.4 Å². The minimum absolute atomic E-state index is 0.0668. The molecule has 1 unspecified atom stereocenters. The summed E-state index contributed by atoms with van der Waals surface area (Å²) in [6.45, 7) is 3.02. The number of unbranched alkanes of at least 4 members (excludes halogenated alkanes) is 3. The van der Waals surface area contributed by atoms with Gasteiger partial charge in [0.15, 0.2) is 12.0 Å². The summed E-state index contributed by atoms with van der Waals surface area (Å²) in [6.07, 6.45) is 2.06. The van der Waals surface area contributed by atoms with Gasteiger partial charge in [0, 0.05) is 29.8 Å². The molecule has 4 heterocycles. The molecular weight excluding hydrogens is 753 g/mol. The van der Waals surface area contributed by atoms with Gasteiger partial charge in [-0.05, 0) is 62.1 Å². The highest BCUT2D eigenvalue weighted by atomic mass is 16.5. The molecule has 3 aliphatic rings. The highest BCUT2D eigenvalue weighted by molar-refractivity contribution is 6.25. The van der Waals surface area contributed by atoms with Gasteiger partial charge in [-0.1, -0.05) is 79.6 Å². The van der Waals surface area contributed by atoms with Crippen LogP contribution in [0.2, 0.25) is 0 Å². The number of anilines is 1. The zero-order valence-corrected chi connectivity index (χ0v) is 32.4. The van der Waals surface area contributed by atoms with Crippen LogP contribution in [0.4, 0.5) is 10.5 Å². The number of amides is 5. The largest absolute Gasteiger partial charge is 0.494 e. The first-order chi connectivity index (χ1) is 28.8. The fourth-order valence-corrected chi connectivity index (χ4v) is 7.55. The molecule has 1 saturated heterocycles. The van der Waals surface area contributed by atoms with Gasteiger partial charge in [-0.15, -0.1) is 10.2 Å². The molecule has 3 N–H and O–H groups in total. The van der Waals surface area contributed by atoms with Gasteiger partial charge in [0.2, 0.25) is 11.8 Å². The standard InChI is InChI=1S/C44H42N8O7/c1-27-49-50-40-39(48-44(57)59-26-28-13-6-4-7-14-28)47-38(29-15-8-5-9-16-29)32-25-30(19-20-34(32)51(27)40)58-24-11-3-2-10-23-45-33-18-12-17-31-37(33)43(56)52(42(31)55)35-21-22-36(53)46-41(35)54/h4-9,12-20,25,35,39,45H,2-3,10-11,21-24,26H2,1H3,(H,48,57)(H,46,53,54)/t35?,39-/m0/s1. The Kier molecular flexibility index (Phi) is 11.2. The van der Waals surface area contributed by atoms with E-state index in [2.05, 4.69) is 26.1 Å². The van der Waals surface area contributed by atoms with Crippen LogP contribution in [0, 0.1) is 6.92 Å². The first kappa shape index (κ1) is 38.7. The van der Waals surface area contributed by atoms with Crippen molar-refractivity contribution in [2.75, 3.05) is 18.5 Å². The molecule has 0 radical (unpaired) electrons. The highest BCUT2D eigenvalue weighted by Crippen LogP contribution is 2.34. The Bertz CT molecular complexity index is 2450. The molecule has 0 aliphatic carbocycles. The van der Waals surface area contributed by atoms with Crippen LogP contribution >= 0.6 is 0 Å². The molecule has 15 nitrogen and oxygen atoms in total. The average molecular weight is 795 g/mol. The van der Waals surface area contributed by atoms with E-state index in [1.54, 1.807) is 18.2 Å². The number of aryl methyl sites for hydroxylation is 1. The van der Waals surface area contributed by atoms with Crippen molar-refractivity contribution in [2.24, 2.45) is 4.99 Å². The predicted molar refractivity (Wildman–Crippen MR) is 216 cm³/mol. The predicted octanol–water partition coefficient (Wildman–Crippen LogP) is 5.80. The molecule has 5 aromatic rings. The van der Waals surface area contributed by atoms with Gasteiger partial charge in [0.05, 0.1) is 29.1 Å². The van der Waals surface area contributed by atoms with Crippen molar-refractivity contribution in [1.29, 1.82) is 0 Å². The topological polar surface area (TPSA) is 186 Å². The Balaban J connectivity index is 0.882. The molecule has 5 amide bonds. The third-order valence-corrected chi connectivity index (χ3v) is 10.5. The Morgan fingerprint density at radius 1 is 0.847 bits per heavy atom. The zero-order valence-electron chi connectivity index (χ0n) is 32.4. The number of nitrogens with one attached hydrogen (secondary N) is 3. The molecule has 2 atom stereocenters. The molecule has 3 aliphatic heterocycles. The second-order valence-electron chi connectivity index (χ2n) is 14.4. The first-order valence-corrected chi connectivity index (χ1v) is 19.6. The molecule has 4 aromatic carbocycles. The normalized spacial score (nSPS) is 17.0. The Morgan fingerprint density at radius 2 is 1.63 bits per heavy atom. The summed E-state index contributed by atoms with van der Waals surface area (Å²) in [6, 6.07) is 29.0. The van der Waals surface area contributed by atoms with Gasteiger partial charge in [-0.2, -0.15) is 0 Å². The van der Waals surface area contributed by atoms with Crippen LogP contribution in [-0.2, 0) is 20.9 Å². The van der Waals surface area contributed by atoms with Gasteiger partial charge < -0.3 is 14.8 Å². The van der Waals surface area contributed by atoms with Crippen molar-refractivity contribution in [3.05, 3.63) is 137 Å². The SMILES string of the molecule is Cc1nnc2n1-c1ccc(OCCCCCCNc3cccc4c3C(=O)N(C3CCC(=O)NC3=O)C4=O)cc1C(c1ccccc1)=N[C@H]2NC(=O)OCc1ccccc1. The maximum Gasteiger partial charge on any atom is 0.409 e. The lowest BCUT2D eigenvalue weighted by Crippen LogP contribution is -2.54. The smallest absolute Gasteiger partial charge is 0.409 e. The lowest BCUT2D eigenvalue weighted by atomic mass is 10.00. The minimum Gasteiger partial charge on any atom is -0.494 e. The lowest BCUT2D eigenvalue weighted by molar-refractivity contribution is -0.136. The molecule has 0 saturated carbocycles. The number of rotatable bonds is 14. The van der Waals surface area contributed by atoms with Gasteiger partial charge in [-0.3, -0.25) is 44.3 Å². The van der Waals surface area contributed by atoms with Gasteiger partial charge >= 0.3 is 6.09 Å². The van der Waals surface area contributed by atoms with Crippen molar-refractivity contribution in [3.63, 3.8) is 0 Å². The lowest BCUT2D eigenvalue weighted by Gasteiger charge is -2.27. The van der Waals surface area contributed by atoms with E-state index >= 15 is 0 Å². The number of hydrogen-bond acceptors (Lipinski definition) is 11. The van der Waals surface area contributed by atoms with Crippen LogP contribution in [0.15, 0.2) is 102 Å². The fourth-order valence-electron chi connectivity index (χ4n) is 7.55. The van der Waals surface area contributed by atoms with E-state index < -0.39 is 41.9 Å². The molecule has 0 bridgehead atoms. The summed E-state index contributed by atoms with van der Waals surface area (Å²) in [5, 5.41) is 17.2. The van der Waals surface area contributed by atoms with Crippen LogP contribution in [0.25, 0.3) is 5.69 Å². The zero-order chi connectivity index (χ0) is 40.9. The number of piperidine rings is 1. The summed E-state index contributed by atoms with van der Waals surface area (Å²) in [7, 11) is 0. The van der Waals surface area contributed by atoms with Crippen LogP contribution in [0.5, 0.6) is 5.75 Å². The number of aliphatic imine (C=N–C) groups is 1. The summed E-state index contributed by atoms with van der Waals surface area (Å²) in [5.41, 5.74) is 4.98. The number of hydrogen-bond donors (Lipinski definition) is 3. The van der Waals surface area contributed by atoms with E-state index in [1.165, 1.54) is 0 Å². The van der Waals surface area contributed by atoms with Crippen LogP contribution < -0.4 is 20.7 Å². The minimum atomic E-state index is -1.01. The molecule has 1 aromatic heterocycles. The summed E-state index contributed by atoms with van der Waals surface area (Å²) in [4.78, 5) is 69.8. The highest BCUT2D eigenvalue weighted by Gasteiger charge is 2.45. The summed E-state index contributed by atoms with van der Waals surface area (Å²) < 4.78 is 13.7. The molecular formula is C44H42N8O7. The maximum atomic E-state index is 13.4. The van der Waals surface area contributed by atoms with E-state index in [0.717, 1.165) is 53.0 Å². The number of imide groups is 2. The second kappa shape index (κ2) is 17.1. The number of nitrogens with zero attached hydrogens (tertiary/aromatic N) is 5. The average Bonchev–Trinajstić information content (AvgIpc) is 3.71. The third-order valence-electron chi connectivity index (χ3n) is 10.5. The van der Waals surface area contributed by atoms with Gasteiger partial charge in [-0.25, -0.2) is 4.79 Å². The van der Waals surface area contributed by atoms with Crippen molar-refractivity contribution in [3.8, 4) is 11.4 Å². The Morgan fingerprint density at radius 3 is 2.42 bits per heavy atom. The quantitative estimate of drug-likeness (QED) is 0.0916. The summed E-state index contributed by atoms with van der Waals surface area (Å²) >= 11 is 0. The number of alkyl carbamates (subject to hydrolysis) is 1. The number of fused-ring (bicyclic) bond motifs is 4. The second-order valence-corrected chi connectivity index (χ2v) is 14.4. The van der Waals surface area contributed by atoms with Crippen molar-refractivity contribution >= 4 is 41.1 Å². The molecule has 15 heteroatoms. The Hall–Kier alpha value is -7.16. The van der Waals surface area contributed by atoms with Crippen molar-refractivity contribution < 1.29 is 33.4 Å².